The van der Waals surface area contributed by atoms with Crippen molar-refractivity contribution in [2.24, 2.45) is 0 Å². The van der Waals surface area contributed by atoms with Crippen molar-refractivity contribution in [3.63, 3.8) is 0 Å². The van der Waals surface area contributed by atoms with Crippen LogP contribution in [0, 0.1) is 0 Å². The van der Waals surface area contributed by atoms with Crippen molar-refractivity contribution < 1.29 is 29.3 Å². The summed E-state index contributed by atoms with van der Waals surface area (Å²) in [5, 5.41) is 24.6. The molecular weight excluding hydrogens is 472 g/mol. The van der Waals surface area contributed by atoms with E-state index in [2.05, 4.69) is 34.6 Å². The molecule has 8 nitrogen and oxygen atoms in total. The number of alkyl carbamates (subject to hydrolysis) is 1. The van der Waals surface area contributed by atoms with Gasteiger partial charge in [-0.25, -0.2) is 9.59 Å². The van der Waals surface area contributed by atoms with Gasteiger partial charge in [0.1, 0.15) is 12.7 Å². The van der Waals surface area contributed by atoms with Gasteiger partial charge in [-0.15, -0.1) is 0 Å². The first-order chi connectivity index (χ1) is 18.0. The first-order valence-electron chi connectivity index (χ1n) is 12.1. The molecule has 2 atom stereocenters. The number of rotatable bonds is 8. The number of H-pyrrole nitrogens is 1. The van der Waals surface area contributed by atoms with Gasteiger partial charge in [0.15, 0.2) is 0 Å². The van der Waals surface area contributed by atoms with Crippen molar-refractivity contribution in [1.82, 2.24) is 10.3 Å². The zero-order chi connectivity index (χ0) is 25.9. The van der Waals surface area contributed by atoms with Crippen LogP contribution in [0.3, 0.4) is 0 Å². The van der Waals surface area contributed by atoms with Gasteiger partial charge < -0.3 is 30.0 Å². The van der Waals surface area contributed by atoms with Crippen LogP contribution >= 0.6 is 0 Å². The van der Waals surface area contributed by atoms with E-state index in [9.17, 15) is 19.8 Å². The molecule has 1 heterocycles. The number of carbonyl (C=O) groups excluding carboxylic acids is 2. The molecule has 5 rings (SSSR count). The lowest BCUT2D eigenvalue weighted by atomic mass is 9.98. The minimum absolute atomic E-state index is 0.0440. The lowest BCUT2D eigenvalue weighted by Gasteiger charge is -2.19. The van der Waals surface area contributed by atoms with Crippen LogP contribution in [-0.2, 0) is 9.47 Å². The fraction of sp³-hybridized carbons (Fsp3) is 0.241. The summed E-state index contributed by atoms with van der Waals surface area (Å²) in [6, 6.07) is 21.1. The number of esters is 1. The summed E-state index contributed by atoms with van der Waals surface area (Å²) in [6.45, 7) is 0.293. The Kier molecular flexibility index (Phi) is 6.94. The summed E-state index contributed by atoms with van der Waals surface area (Å²) in [6.07, 6.45) is -1.26. The lowest BCUT2D eigenvalue weighted by Crippen LogP contribution is -2.30. The van der Waals surface area contributed by atoms with Gasteiger partial charge >= 0.3 is 12.1 Å². The van der Waals surface area contributed by atoms with E-state index in [1.54, 1.807) is 18.3 Å². The SMILES string of the molecule is COC(=O)c1cc(C(O)C(O)CCNC(=O)OCC2c3ccccc3-c3ccccc32)cc2[nH]ccc12. The number of fused-ring (bicyclic) bond motifs is 4. The Morgan fingerprint density at radius 1 is 1.00 bits per heavy atom. The second-order valence-corrected chi connectivity index (χ2v) is 9.05. The number of amides is 1. The van der Waals surface area contributed by atoms with E-state index in [0.29, 0.717) is 22.0 Å². The van der Waals surface area contributed by atoms with Gasteiger partial charge in [-0.3, -0.25) is 0 Å². The second kappa shape index (κ2) is 10.5. The molecule has 1 aliphatic carbocycles. The third-order valence-corrected chi connectivity index (χ3v) is 6.86. The molecule has 3 aromatic carbocycles. The van der Waals surface area contributed by atoms with Gasteiger partial charge in [0.25, 0.3) is 0 Å². The molecule has 1 aliphatic rings. The van der Waals surface area contributed by atoms with E-state index < -0.39 is 24.3 Å². The summed E-state index contributed by atoms with van der Waals surface area (Å²) in [5.74, 6) is -0.581. The molecule has 0 spiro atoms. The van der Waals surface area contributed by atoms with Crippen molar-refractivity contribution in [2.75, 3.05) is 20.3 Å². The minimum atomic E-state index is -1.26. The number of aliphatic hydroxyl groups excluding tert-OH is 2. The van der Waals surface area contributed by atoms with E-state index in [-0.39, 0.29) is 25.5 Å². The molecule has 0 fully saturated rings. The average molecular weight is 501 g/mol. The molecule has 0 saturated heterocycles. The summed E-state index contributed by atoms with van der Waals surface area (Å²) in [5.41, 5.74) is 5.85. The number of aromatic amines is 1. The largest absolute Gasteiger partial charge is 0.465 e. The van der Waals surface area contributed by atoms with Gasteiger partial charge in [-0.05, 0) is 52.4 Å². The first-order valence-corrected chi connectivity index (χ1v) is 12.1. The van der Waals surface area contributed by atoms with Crippen molar-refractivity contribution >= 4 is 23.0 Å². The predicted molar refractivity (Wildman–Crippen MR) is 138 cm³/mol. The van der Waals surface area contributed by atoms with E-state index in [0.717, 1.165) is 22.3 Å². The van der Waals surface area contributed by atoms with Gasteiger partial charge in [0.2, 0.25) is 0 Å². The quantitative estimate of drug-likeness (QED) is 0.268. The van der Waals surface area contributed by atoms with E-state index in [1.807, 2.05) is 24.3 Å². The summed E-state index contributed by atoms with van der Waals surface area (Å²) in [4.78, 5) is 27.6. The highest BCUT2D eigenvalue weighted by atomic mass is 16.5. The molecular formula is C29H28N2O6. The molecule has 0 saturated carbocycles. The molecule has 1 amide bonds. The molecule has 4 aromatic rings. The number of nitrogens with one attached hydrogen (secondary N) is 2. The van der Waals surface area contributed by atoms with Gasteiger partial charge in [-0.1, -0.05) is 48.5 Å². The number of ether oxygens (including phenoxy) is 2. The highest BCUT2D eigenvalue weighted by Gasteiger charge is 2.29. The van der Waals surface area contributed by atoms with E-state index in [4.69, 9.17) is 9.47 Å². The summed E-state index contributed by atoms with van der Waals surface area (Å²) < 4.78 is 10.4. The fourth-order valence-corrected chi connectivity index (χ4v) is 4.99. The van der Waals surface area contributed by atoms with Crippen molar-refractivity contribution in [3.8, 4) is 11.1 Å². The van der Waals surface area contributed by atoms with Crippen molar-refractivity contribution in [1.29, 1.82) is 0 Å². The molecule has 0 aliphatic heterocycles. The average Bonchev–Trinajstić information content (AvgIpc) is 3.53. The van der Waals surface area contributed by atoms with Gasteiger partial charge in [-0.2, -0.15) is 0 Å². The minimum Gasteiger partial charge on any atom is -0.465 e. The van der Waals surface area contributed by atoms with Gasteiger partial charge in [0, 0.05) is 29.6 Å². The zero-order valence-corrected chi connectivity index (χ0v) is 20.3. The molecule has 0 bridgehead atoms. The Bertz CT molecular complexity index is 1400. The Balaban J connectivity index is 1.16. The topological polar surface area (TPSA) is 121 Å². The van der Waals surface area contributed by atoms with Crippen molar-refractivity contribution in [3.05, 3.63) is 95.2 Å². The molecule has 190 valence electrons. The molecule has 2 unspecified atom stereocenters. The van der Waals surface area contributed by atoms with Crippen LogP contribution in [0.2, 0.25) is 0 Å². The number of methoxy groups -OCH3 is 1. The molecule has 37 heavy (non-hydrogen) atoms. The third-order valence-electron chi connectivity index (χ3n) is 6.86. The molecule has 0 radical (unpaired) electrons. The molecule has 1 aromatic heterocycles. The second-order valence-electron chi connectivity index (χ2n) is 9.05. The first kappa shape index (κ1) is 24.5. The van der Waals surface area contributed by atoms with Gasteiger partial charge in [0.05, 0.1) is 18.8 Å². The Morgan fingerprint density at radius 2 is 1.68 bits per heavy atom. The summed E-state index contributed by atoms with van der Waals surface area (Å²) in [7, 11) is 1.29. The number of hydrogen-bond acceptors (Lipinski definition) is 6. The number of hydrogen-bond donors (Lipinski definition) is 4. The molecule has 8 heteroatoms. The molecule has 4 N–H and O–H groups in total. The Morgan fingerprint density at radius 3 is 2.35 bits per heavy atom. The highest BCUT2D eigenvalue weighted by Crippen LogP contribution is 2.44. The third kappa shape index (κ3) is 4.81. The predicted octanol–water partition coefficient (Wildman–Crippen LogP) is 4.28. The van der Waals surface area contributed by atoms with Crippen LogP contribution < -0.4 is 5.32 Å². The Hall–Kier alpha value is -4.14. The van der Waals surface area contributed by atoms with Crippen LogP contribution in [0.1, 0.15) is 45.5 Å². The van der Waals surface area contributed by atoms with Crippen LogP contribution in [0.15, 0.2) is 72.9 Å². The van der Waals surface area contributed by atoms with Crippen LogP contribution in [0.4, 0.5) is 4.79 Å². The highest BCUT2D eigenvalue weighted by molar-refractivity contribution is 6.04. The zero-order valence-electron chi connectivity index (χ0n) is 20.3. The number of benzene rings is 3. The normalized spacial score (nSPS) is 14.0. The lowest BCUT2D eigenvalue weighted by molar-refractivity contribution is 0.0136. The maximum atomic E-state index is 12.4. The van der Waals surface area contributed by atoms with Crippen LogP contribution in [0.5, 0.6) is 0 Å². The maximum absolute atomic E-state index is 12.4. The number of aliphatic hydroxyl groups is 2. The van der Waals surface area contributed by atoms with Crippen LogP contribution in [0.25, 0.3) is 22.0 Å². The van der Waals surface area contributed by atoms with E-state index >= 15 is 0 Å². The number of aromatic nitrogens is 1. The summed E-state index contributed by atoms with van der Waals surface area (Å²) >= 11 is 0. The number of carbonyl (C=O) groups is 2. The van der Waals surface area contributed by atoms with Crippen LogP contribution in [-0.4, -0.2) is 53.6 Å². The van der Waals surface area contributed by atoms with Crippen molar-refractivity contribution in [2.45, 2.75) is 24.5 Å². The standard InChI is InChI=1S/C29H28N2O6/c1-36-28(34)23-14-17(15-25-22(23)10-12-30-25)27(33)26(32)11-13-31-29(35)37-16-24-20-8-4-2-6-18(20)19-7-3-5-9-21(19)24/h2-10,12,14-15,24,26-27,30,32-33H,11,13,16H2,1H3,(H,31,35). The van der Waals surface area contributed by atoms with E-state index in [1.165, 1.54) is 13.2 Å². The fourth-order valence-electron chi connectivity index (χ4n) is 4.99. The smallest absolute Gasteiger partial charge is 0.407 e. The Labute approximate surface area is 213 Å². The monoisotopic (exact) mass is 500 g/mol. The maximum Gasteiger partial charge on any atom is 0.407 e.